The molecule has 0 aliphatic heterocycles. The third-order valence-corrected chi connectivity index (χ3v) is 3.75. The lowest BCUT2D eigenvalue weighted by Gasteiger charge is -2.12. The van der Waals surface area contributed by atoms with E-state index in [0.717, 1.165) is 25.7 Å². The van der Waals surface area contributed by atoms with E-state index < -0.39 is 8.32 Å². The zero-order valence-electron chi connectivity index (χ0n) is 10.0. The van der Waals surface area contributed by atoms with Crippen LogP contribution in [0.25, 0.3) is 0 Å². The predicted octanol–water partition coefficient (Wildman–Crippen LogP) is 3.17. The van der Waals surface area contributed by atoms with Gasteiger partial charge in [-0.3, -0.25) is 0 Å². The second kappa shape index (κ2) is 8.45. The lowest BCUT2D eigenvalue weighted by Crippen LogP contribution is -2.23. The highest BCUT2D eigenvalue weighted by atomic mass is 28.4. The Kier molecular flexibility index (Phi) is 8.53. The fraction of sp³-hybridized carbons (Fsp3) is 1.00. The van der Waals surface area contributed by atoms with Gasteiger partial charge in [-0.05, 0) is 32.0 Å². The lowest BCUT2D eigenvalue weighted by molar-refractivity contribution is 0.130. The molecule has 0 saturated carbocycles. The van der Waals surface area contributed by atoms with Gasteiger partial charge in [0.05, 0.1) is 0 Å². The van der Waals surface area contributed by atoms with E-state index in [2.05, 4.69) is 6.92 Å². The van der Waals surface area contributed by atoms with Crippen LogP contribution in [0.15, 0.2) is 0 Å². The van der Waals surface area contributed by atoms with Crippen molar-refractivity contribution >= 4 is 8.32 Å². The molecule has 1 N–H and O–H groups in total. The highest BCUT2D eigenvalue weighted by molar-refractivity contribution is 6.69. The molecule has 0 aromatic heterocycles. The van der Waals surface area contributed by atoms with Crippen LogP contribution in [0.4, 0.5) is 0 Å². The first-order valence-corrected chi connectivity index (χ1v) is 9.02. The van der Waals surface area contributed by atoms with Gasteiger partial charge in [-0.15, -0.1) is 0 Å². The summed E-state index contributed by atoms with van der Waals surface area (Å²) in [5.41, 5.74) is 0. The third-order valence-electron chi connectivity index (χ3n) is 2.18. The number of hydrogen-bond donors (Lipinski definition) is 1. The van der Waals surface area contributed by atoms with E-state index in [1.165, 1.54) is 25.7 Å². The molecule has 0 amide bonds. The summed E-state index contributed by atoms with van der Waals surface area (Å²) in [5.74, 6) is 0. The van der Waals surface area contributed by atoms with Crippen molar-refractivity contribution in [2.45, 2.75) is 58.2 Å². The molecular formula is C11H26O2Si. The Morgan fingerprint density at radius 3 is 2.21 bits per heavy atom. The van der Waals surface area contributed by atoms with Gasteiger partial charge in [0.25, 0.3) is 0 Å². The van der Waals surface area contributed by atoms with Crippen LogP contribution in [0.5, 0.6) is 0 Å². The molecule has 2 nitrogen and oxygen atoms in total. The second-order valence-corrected chi connectivity index (χ2v) is 8.71. The molecule has 14 heavy (non-hydrogen) atoms. The molecule has 86 valence electrons. The van der Waals surface area contributed by atoms with E-state index >= 15 is 0 Å². The molecule has 0 aliphatic rings. The van der Waals surface area contributed by atoms with E-state index in [0.29, 0.717) is 0 Å². The molecule has 0 radical (unpaired) electrons. The maximum atomic E-state index is 9.60. The molecule has 0 fully saturated rings. The Bertz CT molecular complexity index is 121. The molecule has 0 spiro atoms. The van der Waals surface area contributed by atoms with Crippen molar-refractivity contribution in [3.05, 3.63) is 0 Å². The zero-order chi connectivity index (χ0) is 10.9. The van der Waals surface area contributed by atoms with Crippen molar-refractivity contribution in [2.75, 3.05) is 13.2 Å². The van der Waals surface area contributed by atoms with E-state index in [1.54, 1.807) is 0 Å². The first-order chi connectivity index (χ1) is 6.56. The van der Waals surface area contributed by atoms with Gasteiger partial charge in [0.1, 0.15) is 0 Å². The molecule has 3 heteroatoms. The van der Waals surface area contributed by atoms with Crippen molar-refractivity contribution < 1.29 is 9.53 Å². The molecule has 0 saturated heterocycles. The average Bonchev–Trinajstić information content (AvgIpc) is 2.08. The predicted molar refractivity (Wildman–Crippen MR) is 64.1 cm³/mol. The first-order valence-electron chi connectivity index (χ1n) is 5.86. The van der Waals surface area contributed by atoms with Crippen molar-refractivity contribution in [3.63, 3.8) is 0 Å². The monoisotopic (exact) mass is 218 g/mol. The van der Waals surface area contributed by atoms with Gasteiger partial charge in [-0.2, -0.15) is 0 Å². The van der Waals surface area contributed by atoms with E-state index in [9.17, 15) is 4.80 Å². The van der Waals surface area contributed by atoms with Crippen LogP contribution < -0.4 is 0 Å². The number of ether oxygens (including phenoxy) is 1. The standard InChI is InChI=1S/C11H26O2Si/c1-4-9-13-10-7-5-6-8-11-14(2,3)12/h12H,4-11H2,1-3H3. The van der Waals surface area contributed by atoms with Crippen molar-refractivity contribution in [3.8, 4) is 0 Å². The summed E-state index contributed by atoms with van der Waals surface area (Å²) in [6.07, 6.45) is 5.96. The zero-order valence-corrected chi connectivity index (χ0v) is 11.0. The van der Waals surface area contributed by atoms with Crippen LogP contribution in [0.3, 0.4) is 0 Å². The van der Waals surface area contributed by atoms with Crippen LogP contribution in [0.1, 0.15) is 39.0 Å². The fourth-order valence-corrected chi connectivity index (χ4v) is 2.48. The minimum absolute atomic E-state index is 0.899. The van der Waals surface area contributed by atoms with Crippen LogP contribution in [-0.4, -0.2) is 26.3 Å². The lowest BCUT2D eigenvalue weighted by atomic mass is 10.2. The maximum Gasteiger partial charge on any atom is 0.182 e. The summed E-state index contributed by atoms with van der Waals surface area (Å²) in [6.45, 7) is 7.97. The van der Waals surface area contributed by atoms with Crippen LogP contribution in [-0.2, 0) is 4.74 Å². The summed E-state index contributed by atoms with van der Waals surface area (Å²) in [7, 11) is -1.77. The highest BCUT2D eigenvalue weighted by Crippen LogP contribution is 2.12. The summed E-state index contributed by atoms with van der Waals surface area (Å²) >= 11 is 0. The average molecular weight is 218 g/mol. The van der Waals surface area contributed by atoms with Gasteiger partial charge >= 0.3 is 0 Å². The van der Waals surface area contributed by atoms with Crippen molar-refractivity contribution in [1.82, 2.24) is 0 Å². The van der Waals surface area contributed by atoms with Gasteiger partial charge in [-0.25, -0.2) is 0 Å². The topological polar surface area (TPSA) is 29.5 Å². The number of unbranched alkanes of at least 4 members (excludes halogenated alkanes) is 3. The van der Waals surface area contributed by atoms with E-state index in [-0.39, 0.29) is 0 Å². The molecule has 0 aromatic carbocycles. The normalized spacial score (nSPS) is 12.0. The second-order valence-electron chi connectivity index (χ2n) is 4.59. The minimum atomic E-state index is -1.77. The first kappa shape index (κ1) is 14.1. The summed E-state index contributed by atoms with van der Waals surface area (Å²) in [5, 5.41) is 0. The summed E-state index contributed by atoms with van der Waals surface area (Å²) in [6, 6.07) is 1.04. The van der Waals surface area contributed by atoms with Gasteiger partial charge in [0.15, 0.2) is 8.32 Å². The third kappa shape index (κ3) is 12.1. The quantitative estimate of drug-likeness (QED) is 0.476. The Balaban J connectivity index is 2.99. The minimum Gasteiger partial charge on any atom is -0.432 e. The Morgan fingerprint density at radius 2 is 1.64 bits per heavy atom. The van der Waals surface area contributed by atoms with Crippen LogP contribution >= 0.6 is 0 Å². The van der Waals surface area contributed by atoms with Gasteiger partial charge in [0, 0.05) is 13.2 Å². The molecule has 0 aliphatic carbocycles. The molecule has 0 atom stereocenters. The summed E-state index contributed by atoms with van der Waals surface area (Å²) in [4.78, 5) is 9.60. The molecular weight excluding hydrogens is 192 g/mol. The van der Waals surface area contributed by atoms with Crippen LogP contribution in [0.2, 0.25) is 19.1 Å². The molecule has 0 aromatic rings. The van der Waals surface area contributed by atoms with E-state index in [1.807, 2.05) is 13.1 Å². The van der Waals surface area contributed by atoms with Crippen molar-refractivity contribution in [1.29, 1.82) is 0 Å². The maximum absolute atomic E-state index is 9.60. The number of rotatable bonds is 9. The Morgan fingerprint density at radius 1 is 1.00 bits per heavy atom. The number of hydrogen-bond acceptors (Lipinski definition) is 2. The Hall–Kier alpha value is 0.137. The fourth-order valence-electron chi connectivity index (χ4n) is 1.36. The van der Waals surface area contributed by atoms with Crippen molar-refractivity contribution in [2.24, 2.45) is 0 Å². The van der Waals surface area contributed by atoms with E-state index in [4.69, 9.17) is 4.74 Å². The molecule has 0 heterocycles. The molecule has 0 bridgehead atoms. The van der Waals surface area contributed by atoms with Crippen LogP contribution in [0, 0.1) is 0 Å². The van der Waals surface area contributed by atoms with Gasteiger partial charge in [0.2, 0.25) is 0 Å². The molecule has 0 rings (SSSR count). The summed E-state index contributed by atoms with van der Waals surface area (Å²) < 4.78 is 5.39. The van der Waals surface area contributed by atoms with Gasteiger partial charge < -0.3 is 9.53 Å². The molecule has 0 unspecified atom stereocenters. The van der Waals surface area contributed by atoms with Gasteiger partial charge in [-0.1, -0.05) is 26.2 Å². The largest absolute Gasteiger partial charge is 0.432 e. The Labute approximate surface area is 89.8 Å². The SMILES string of the molecule is CCCOCCCCCC[Si](C)(C)O. The smallest absolute Gasteiger partial charge is 0.182 e. The highest BCUT2D eigenvalue weighted by Gasteiger charge is 2.14.